The van der Waals surface area contributed by atoms with Crippen LogP contribution in [-0.2, 0) is 10.0 Å². The Morgan fingerprint density at radius 2 is 1.82 bits per heavy atom. The van der Waals surface area contributed by atoms with Gasteiger partial charge in [0.25, 0.3) is 15.9 Å². The van der Waals surface area contributed by atoms with E-state index in [1.807, 2.05) is 13.8 Å². The molecule has 1 unspecified atom stereocenters. The second kappa shape index (κ2) is 9.60. The highest BCUT2D eigenvalue weighted by atomic mass is 35.5. The smallest absolute Gasteiger partial charge is 0.261 e. The van der Waals surface area contributed by atoms with E-state index >= 15 is 0 Å². The molecule has 1 atom stereocenters. The SMILES string of the molecule is CC(C)CC(O)CNC(=O)c1cccc(NS(=O)(=O)c2ccc(Cl)c(Cl)c2)c1. The van der Waals surface area contributed by atoms with Crippen molar-refractivity contribution in [3.05, 3.63) is 58.1 Å². The normalized spacial score (nSPS) is 12.6. The van der Waals surface area contributed by atoms with Crippen LogP contribution in [0.2, 0.25) is 10.0 Å². The van der Waals surface area contributed by atoms with Gasteiger partial charge in [-0.05, 0) is 48.7 Å². The third-order valence-corrected chi connectivity index (χ3v) is 5.94. The number of sulfonamides is 1. The predicted molar refractivity (Wildman–Crippen MR) is 112 cm³/mol. The lowest BCUT2D eigenvalue weighted by Crippen LogP contribution is -2.32. The van der Waals surface area contributed by atoms with Gasteiger partial charge in [-0.15, -0.1) is 0 Å². The maximum Gasteiger partial charge on any atom is 0.261 e. The van der Waals surface area contributed by atoms with Gasteiger partial charge in [0.2, 0.25) is 0 Å². The van der Waals surface area contributed by atoms with E-state index in [-0.39, 0.29) is 32.7 Å². The van der Waals surface area contributed by atoms with Gasteiger partial charge in [0, 0.05) is 17.8 Å². The highest BCUT2D eigenvalue weighted by Crippen LogP contribution is 2.26. The molecule has 2 aromatic carbocycles. The second-order valence-corrected chi connectivity index (χ2v) is 9.25. The van der Waals surface area contributed by atoms with Crippen molar-refractivity contribution in [3.8, 4) is 0 Å². The summed E-state index contributed by atoms with van der Waals surface area (Å²) < 4.78 is 27.4. The van der Waals surface area contributed by atoms with E-state index in [9.17, 15) is 18.3 Å². The third kappa shape index (κ3) is 6.38. The summed E-state index contributed by atoms with van der Waals surface area (Å²) in [6, 6.07) is 10.0. The second-order valence-electron chi connectivity index (χ2n) is 6.76. The molecule has 0 radical (unpaired) electrons. The number of hydrogen-bond donors (Lipinski definition) is 3. The Hall–Kier alpha value is -1.80. The van der Waals surface area contributed by atoms with Gasteiger partial charge in [-0.2, -0.15) is 0 Å². The van der Waals surface area contributed by atoms with Crippen molar-refractivity contribution in [1.29, 1.82) is 0 Å². The molecule has 152 valence electrons. The first-order valence-corrected chi connectivity index (χ1v) is 10.9. The fourth-order valence-electron chi connectivity index (χ4n) is 2.52. The summed E-state index contributed by atoms with van der Waals surface area (Å²) in [6.45, 7) is 4.08. The molecule has 0 saturated heterocycles. The molecule has 0 aliphatic rings. The van der Waals surface area contributed by atoms with Crippen molar-refractivity contribution in [3.63, 3.8) is 0 Å². The van der Waals surface area contributed by atoms with Crippen LogP contribution in [0.25, 0.3) is 0 Å². The fourth-order valence-corrected chi connectivity index (χ4v) is 3.96. The van der Waals surface area contributed by atoms with Gasteiger partial charge in [-0.1, -0.05) is 43.1 Å². The summed E-state index contributed by atoms with van der Waals surface area (Å²) in [7, 11) is -3.90. The monoisotopic (exact) mass is 444 g/mol. The Balaban J connectivity index is 2.09. The summed E-state index contributed by atoms with van der Waals surface area (Å²) in [5.41, 5.74) is 0.493. The topological polar surface area (TPSA) is 95.5 Å². The Kier molecular flexibility index (Phi) is 7.71. The van der Waals surface area contributed by atoms with E-state index in [0.717, 1.165) is 0 Å². The number of carbonyl (C=O) groups excluding carboxylic acids is 1. The first-order chi connectivity index (χ1) is 13.1. The number of carbonyl (C=O) groups is 1. The number of benzene rings is 2. The van der Waals surface area contributed by atoms with E-state index in [2.05, 4.69) is 10.0 Å². The average Bonchev–Trinajstić information content (AvgIpc) is 2.61. The molecule has 0 spiro atoms. The van der Waals surface area contributed by atoms with Crippen LogP contribution < -0.4 is 10.0 Å². The zero-order valence-electron chi connectivity index (χ0n) is 15.4. The minimum atomic E-state index is -3.90. The number of anilines is 1. The Morgan fingerprint density at radius 1 is 1.11 bits per heavy atom. The minimum Gasteiger partial charge on any atom is -0.391 e. The molecule has 0 heterocycles. The van der Waals surface area contributed by atoms with Crippen LogP contribution in [-0.4, -0.2) is 32.1 Å². The quantitative estimate of drug-likeness (QED) is 0.574. The summed E-state index contributed by atoms with van der Waals surface area (Å²) in [6.07, 6.45) is -0.0654. The van der Waals surface area contributed by atoms with E-state index in [1.54, 1.807) is 12.1 Å². The van der Waals surface area contributed by atoms with Gasteiger partial charge in [-0.25, -0.2) is 8.42 Å². The number of halogens is 2. The van der Waals surface area contributed by atoms with Crippen LogP contribution in [0.15, 0.2) is 47.4 Å². The summed E-state index contributed by atoms with van der Waals surface area (Å²) in [5, 5.41) is 12.9. The molecular formula is C19H22Cl2N2O4S. The molecule has 0 aliphatic heterocycles. The number of rotatable bonds is 8. The van der Waals surface area contributed by atoms with Crippen molar-refractivity contribution in [2.45, 2.75) is 31.3 Å². The Labute approximate surface area is 174 Å². The average molecular weight is 445 g/mol. The minimum absolute atomic E-state index is 0.0476. The molecule has 0 bridgehead atoms. The van der Waals surface area contributed by atoms with Crippen molar-refractivity contribution >= 4 is 44.8 Å². The first kappa shape index (κ1) is 22.5. The van der Waals surface area contributed by atoms with Gasteiger partial charge in [0.15, 0.2) is 0 Å². The number of hydrogen-bond acceptors (Lipinski definition) is 4. The molecule has 3 N–H and O–H groups in total. The Morgan fingerprint density at radius 3 is 2.46 bits per heavy atom. The van der Waals surface area contributed by atoms with Gasteiger partial charge in [-0.3, -0.25) is 9.52 Å². The summed E-state index contributed by atoms with van der Waals surface area (Å²) >= 11 is 11.7. The zero-order chi connectivity index (χ0) is 20.9. The molecule has 28 heavy (non-hydrogen) atoms. The molecule has 1 amide bonds. The van der Waals surface area contributed by atoms with Crippen molar-refractivity contribution in [2.24, 2.45) is 5.92 Å². The highest BCUT2D eigenvalue weighted by molar-refractivity contribution is 7.92. The lowest BCUT2D eigenvalue weighted by molar-refractivity contribution is 0.0900. The van der Waals surface area contributed by atoms with Crippen LogP contribution >= 0.6 is 23.2 Å². The standard InChI is InChI=1S/C19H22Cl2N2O4S/c1-12(2)8-15(24)11-22-19(25)13-4-3-5-14(9-13)23-28(26,27)16-6-7-17(20)18(21)10-16/h3-7,9-10,12,15,23-24H,8,11H2,1-2H3,(H,22,25). The van der Waals surface area contributed by atoms with E-state index < -0.39 is 22.0 Å². The zero-order valence-corrected chi connectivity index (χ0v) is 17.8. The molecule has 2 rings (SSSR count). The summed E-state index contributed by atoms with van der Waals surface area (Å²) in [5.74, 6) is -0.0931. The number of aliphatic hydroxyl groups excluding tert-OH is 1. The van der Waals surface area contributed by atoms with Crippen molar-refractivity contribution in [1.82, 2.24) is 5.32 Å². The maximum absolute atomic E-state index is 12.5. The van der Waals surface area contributed by atoms with Crippen LogP contribution in [0.3, 0.4) is 0 Å². The van der Waals surface area contributed by atoms with Crippen LogP contribution in [0.4, 0.5) is 5.69 Å². The van der Waals surface area contributed by atoms with Crippen LogP contribution in [0.5, 0.6) is 0 Å². The number of aliphatic hydroxyl groups is 1. The summed E-state index contributed by atoms with van der Waals surface area (Å²) in [4.78, 5) is 12.2. The molecule has 0 fully saturated rings. The largest absolute Gasteiger partial charge is 0.391 e. The van der Waals surface area contributed by atoms with Crippen molar-refractivity contribution < 1.29 is 18.3 Å². The van der Waals surface area contributed by atoms with Crippen molar-refractivity contribution in [2.75, 3.05) is 11.3 Å². The molecule has 6 nitrogen and oxygen atoms in total. The molecule has 2 aromatic rings. The van der Waals surface area contributed by atoms with E-state index in [1.165, 1.54) is 30.3 Å². The van der Waals surface area contributed by atoms with E-state index in [4.69, 9.17) is 23.2 Å². The number of nitrogens with one attached hydrogen (secondary N) is 2. The highest BCUT2D eigenvalue weighted by Gasteiger charge is 2.17. The van der Waals surface area contributed by atoms with Gasteiger partial charge in [0.05, 0.1) is 21.0 Å². The fraction of sp³-hybridized carbons (Fsp3) is 0.316. The maximum atomic E-state index is 12.5. The van der Waals surface area contributed by atoms with Crippen LogP contribution in [0.1, 0.15) is 30.6 Å². The molecule has 9 heteroatoms. The lowest BCUT2D eigenvalue weighted by atomic mass is 10.1. The van der Waals surface area contributed by atoms with Crippen LogP contribution in [0, 0.1) is 5.92 Å². The first-order valence-electron chi connectivity index (χ1n) is 8.62. The molecular weight excluding hydrogens is 423 g/mol. The van der Waals surface area contributed by atoms with Gasteiger partial charge in [0.1, 0.15) is 0 Å². The molecule has 0 aromatic heterocycles. The Bertz CT molecular complexity index is 949. The third-order valence-electron chi connectivity index (χ3n) is 3.82. The molecule has 0 aliphatic carbocycles. The lowest BCUT2D eigenvalue weighted by Gasteiger charge is -2.14. The van der Waals surface area contributed by atoms with Gasteiger partial charge >= 0.3 is 0 Å². The number of amides is 1. The predicted octanol–water partition coefficient (Wildman–Crippen LogP) is 3.93. The van der Waals surface area contributed by atoms with Gasteiger partial charge < -0.3 is 10.4 Å². The molecule has 0 saturated carbocycles. The van der Waals surface area contributed by atoms with E-state index in [0.29, 0.717) is 12.3 Å².